The summed E-state index contributed by atoms with van der Waals surface area (Å²) in [6.45, 7) is 1.34. The predicted molar refractivity (Wildman–Crippen MR) is 51.1 cm³/mol. The molecule has 0 aliphatic rings. The summed E-state index contributed by atoms with van der Waals surface area (Å²) in [5.74, 6) is 0.724. The second kappa shape index (κ2) is 4.01. The summed E-state index contributed by atoms with van der Waals surface area (Å²) in [4.78, 5) is 4.16. The van der Waals surface area contributed by atoms with E-state index in [0.29, 0.717) is 13.2 Å². The van der Waals surface area contributed by atoms with Crippen molar-refractivity contribution in [2.75, 3.05) is 25.6 Å². The molecule has 0 fully saturated rings. The lowest BCUT2D eigenvalue weighted by Gasteiger charge is -2.04. The maximum atomic E-state index is 4.92. The Balaban J connectivity index is 2.19. The number of hydrogen-bond acceptors (Lipinski definition) is 5. The molecule has 2 aromatic rings. The van der Waals surface area contributed by atoms with Crippen molar-refractivity contribution < 1.29 is 4.74 Å². The molecule has 6 nitrogen and oxygen atoms in total. The van der Waals surface area contributed by atoms with Crippen LogP contribution < -0.4 is 5.32 Å². The highest BCUT2D eigenvalue weighted by atomic mass is 16.5. The van der Waals surface area contributed by atoms with Crippen LogP contribution in [0.4, 0.5) is 5.82 Å². The molecule has 0 aliphatic carbocycles. The first kappa shape index (κ1) is 8.89. The number of aromatic nitrogens is 4. The van der Waals surface area contributed by atoms with Crippen LogP contribution in [0.3, 0.4) is 0 Å². The van der Waals surface area contributed by atoms with Crippen molar-refractivity contribution in [2.24, 2.45) is 0 Å². The van der Waals surface area contributed by atoms with Crippen LogP contribution >= 0.6 is 0 Å². The third-order valence-corrected chi connectivity index (χ3v) is 1.81. The van der Waals surface area contributed by atoms with Gasteiger partial charge < -0.3 is 10.1 Å². The van der Waals surface area contributed by atoms with Crippen LogP contribution in [0.5, 0.6) is 0 Å². The Labute approximate surface area is 80.9 Å². The highest BCUT2D eigenvalue weighted by Crippen LogP contribution is 2.08. The molecule has 0 aromatic carbocycles. The van der Waals surface area contributed by atoms with E-state index >= 15 is 0 Å². The van der Waals surface area contributed by atoms with Crippen molar-refractivity contribution in [1.29, 1.82) is 0 Å². The van der Waals surface area contributed by atoms with Gasteiger partial charge in [0.2, 0.25) is 5.65 Å². The van der Waals surface area contributed by atoms with E-state index in [2.05, 4.69) is 20.5 Å². The molecule has 14 heavy (non-hydrogen) atoms. The Morgan fingerprint density at radius 2 is 2.50 bits per heavy atom. The van der Waals surface area contributed by atoms with Gasteiger partial charge in [0.15, 0.2) is 5.82 Å². The highest BCUT2D eigenvalue weighted by Gasteiger charge is 2.02. The molecule has 0 radical (unpaired) electrons. The maximum absolute atomic E-state index is 4.92. The third-order valence-electron chi connectivity index (χ3n) is 1.81. The van der Waals surface area contributed by atoms with E-state index in [-0.39, 0.29) is 0 Å². The molecule has 0 atom stereocenters. The fourth-order valence-corrected chi connectivity index (χ4v) is 1.15. The zero-order valence-corrected chi connectivity index (χ0v) is 7.84. The number of nitrogens with zero attached hydrogens (tertiary/aromatic N) is 4. The molecule has 6 heteroatoms. The molecule has 0 aliphatic heterocycles. The number of ether oxygens (including phenoxy) is 1. The number of nitrogens with one attached hydrogen (secondary N) is 1. The van der Waals surface area contributed by atoms with Gasteiger partial charge in [-0.05, 0) is 0 Å². The van der Waals surface area contributed by atoms with E-state index in [1.54, 1.807) is 25.8 Å². The Bertz CT molecular complexity index is 413. The molecule has 0 bridgehead atoms. The largest absolute Gasteiger partial charge is 0.383 e. The zero-order valence-electron chi connectivity index (χ0n) is 7.84. The number of rotatable bonds is 4. The van der Waals surface area contributed by atoms with E-state index in [1.165, 1.54) is 0 Å². The van der Waals surface area contributed by atoms with Crippen LogP contribution in [0.2, 0.25) is 0 Å². The molecular weight excluding hydrogens is 182 g/mol. The van der Waals surface area contributed by atoms with Crippen molar-refractivity contribution in [1.82, 2.24) is 19.6 Å². The van der Waals surface area contributed by atoms with E-state index in [4.69, 9.17) is 4.74 Å². The van der Waals surface area contributed by atoms with E-state index < -0.39 is 0 Å². The van der Waals surface area contributed by atoms with Crippen LogP contribution in [0.1, 0.15) is 0 Å². The van der Waals surface area contributed by atoms with Crippen molar-refractivity contribution in [3.8, 4) is 0 Å². The van der Waals surface area contributed by atoms with Crippen LogP contribution in [-0.2, 0) is 4.74 Å². The summed E-state index contributed by atoms with van der Waals surface area (Å²) in [6.07, 6.45) is 5.14. The quantitative estimate of drug-likeness (QED) is 0.702. The monoisotopic (exact) mass is 193 g/mol. The topological polar surface area (TPSA) is 64.3 Å². The molecular formula is C8H11N5O. The van der Waals surface area contributed by atoms with E-state index in [9.17, 15) is 0 Å². The van der Waals surface area contributed by atoms with Crippen molar-refractivity contribution in [2.45, 2.75) is 0 Å². The van der Waals surface area contributed by atoms with E-state index in [1.807, 2.05) is 4.40 Å². The first-order valence-corrected chi connectivity index (χ1v) is 4.29. The van der Waals surface area contributed by atoms with Gasteiger partial charge in [-0.25, -0.2) is 4.98 Å². The highest BCUT2D eigenvalue weighted by molar-refractivity contribution is 5.61. The number of hydrogen-bond donors (Lipinski definition) is 1. The molecule has 2 rings (SSSR count). The number of fused-ring (bicyclic) bond motifs is 1. The Morgan fingerprint density at radius 1 is 1.57 bits per heavy atom. The standard InChI is InChI=1S/C8H11N5O/c1-14-5-3-10-7-8-12-11-6-13(8)4-2-9-7/h2,4,6H,3,5H2,1H3,(H,9,10). The van der Waals surface area contributed by atoms with Gasteiger partial charge in [-0.1, -0.05) is 0 Å². The van der Waals surface area contributed by atoms with Crippen LogP contribution in [0.15, 0.2) is 18.7 Å². The SMILES string of the molecule is COCCNc1nccn2cnnc12. The lowest BCUT2D eigenvalue weighted by molar-refractivity contribution is 0.210. The van der Waals surface area contributed by atoms with Gasteiger partial charge in [-0.3, -0.25) is 4.40 Å². The molecule has 0 unspecified atom stereocenters. The molecule has 2 heterocycles. The second-order valence-electron chi connectivity index (χ2n) is 2.76. The van der Waals surface area contributed by atoms with Crippen LogP contribution in [0.25, 0.3) is 5.65 Å². The maximum Gasteiger partial charge on any atom is 0.203 e. The Hall–Kier alpha value is -1.69. The Kier molecular flexibility index (Phi) is 2.55. The molecule has 2 aromatic heterocycles. The minimum Gasteiger partial charge on any atom is -0.383 e. The molecule has 0 saturated heterocycles. The summed E-state index contributed by atoms with van der Waals surface area (Å²) in [5.41, 5.74) is 0.726. The van der Waals surface area contributed by atoms with Gasteiger partial charge >= 0.3 is 0 Å². The van der Waals surface area contributed by atoms with E-state index in [0.717, 1.165) is 11.5 Å². The third kappa shape index (κ3) is 1.64. The van der Waals surface area contributed by atoms with Gasteiger partial charge in [-0.15, -0.1) is 10.2 Å². The van der Waals surface area contributed by atoms with Crippen LogP contribution in [0, 0.1) is 0 Å². The summed E-state index contributed by atoms with van der Waals surface area (Å²) in [5, 5.41) is 10.9. The summed E-state index contributed by atoms with van der Waals surface area (Å²) < 4.78 is 6.73. The molecule has 74 valence electrons. The van der Waals surface area contributed by atoms with Gasteiger partial charge in [0, 0.05) is 26.0 Å². The average molecular weight is 193 g/mol. The van der Waals surface area contributed by atoms with Gasteiger partial charge in [0.05, 0.1) is 6.61 Å². The second-order valence-corrected chi connectivity index (χ2v) is 2.76. The van der Waals surface area contributed by atoms with Gasteiger partial charge in [0.25, 0.3) is 0 Å². The Morgan fingerprint density at radius 3 is 3.36 bits per heavy atom. The first-order chi connectivity index (χ1) is 6.92. The minimum atomic E-state index is 0.636. The molecule has 0 amide bonds. The smallest absolute Gasteiger partial charge is 0.203 e. The van der Waals surface area contributed by atoms with Gasteiger partial charge in [-0.2, -0.15) is 0 Å². The van der Waals surface area contributed by atoms with Crippen molar-refractivity contribution in [3.63, 3.8) is 0 Å². The number of methoxy groups -OCH3 is 1. The normalized spacial score (nSPS) is 10.6. The van der Waals surface area contributed by atoms with Crippen molar-refractivity contribution in [3.05, 3.63) is 18.7 Å². The first-order valence-electron chi connectivity index (χ1n) is 4.29. The molecule has 1 N–H and O–H groups in total. The lowest BCUT2D eigenvalue weighted by atomic mass is 10.5. The van der Waals surface area contributed by atoms with Gasteiger partial charge in [0.1, 0.15) is 6.33 Å². The average Bonchev–Trinajstić information content (AvgIpc) is 2.67. The summed E-state index contributed by atoms with van der Waals surface area (Å²) >= 11 is 0. The molecule has 0 spiro atoms. The lowest BCUT2D eigenvalue weighted by Crippen LogP contribution is -2.09. The fraction of sp³-hybridized carbons (Fsp3) is 0.375. The summed E-state index contributed by atoms with van der Waals surface area (Å²) in [6, 6.07) is 0. The minimum absolute atomic E-state index is 0.636. The van der Waals surface area contributed by atoms with Crippen LogP contribution in [-0.4, -0.2) is 39.8 Å². The zero-order chi connectivity index (χ0) is 9.80. The number of anilines is 1. The van der Waals surface area contributed by atoms with Crippen molar-refractivity contribution >= 4 is 11.5 Å². The fourth-order valence-electron chi connectivity index (χ4n) is 1.15. The predicted octanol–water partition coefficient (Wildman–Crippen LogP) is 0.183. The molecule has 0 saturated carbocycles. The summed E-state index contributed by atoms with van der Waals surface area (Å²) in [7, 11) is 1.66.